The molecule has 4 rings (SSSR count). The normalized spacial score (nSPS) is 18.7. The fourth-order valence-electron chi connectivity index (χ4n) is 3.11. The molecule has 0 atom stereocenters. The lowest BCUT2D eigenvalue weighted by atomic mass is 9.78. The number of nitrogens with zero attached hydrogens (tertiary/aromatic N) is 5. The van der Waals surface area contributed by atoms with Gasteiger partial charge in [0.2, 0.25) is 5.95 Å². The van der Waals surface area contributed by atoms with Crippen molar-refractivity contribution in [2.45, 2.75) is 49.6 Å². The Balaban J connectivity index is 1.31. The van der Waals surface area contributed by atoms with Crippen LogP contribution >= 0.6 is 11.9 Å². The summed E-state index contributed by atoms with van der Waals surface area (Å²) in [4.78, 5) is 9.89. The molecule has 0 spiro atoms. The van der Waals surface area contributed by atoms with Crippen LogP contribution in [-0.2, 0) is 0 Å². The van der Waals surface area contributed by atoms with E-state index in [2.05, 4.69) is 39.3 Å². The number of hydrogen-bond donors (Lipinski definition) is 2. The van der Waals surface area contributed by atoms with Crippen molar-refractivity contribution in [2.75, 3.05) is 5.32 Å². The van der Waals surface area contributed by atoms with Crippen molar-refractivity contribution in [3.63, 3.8) is 0 Å². The van der Waals surface area contributed by atoms with Crippen molar-refractivity contribution < 1.29 is 4.74 Å². The van der Waals surface area contributed by atoms with Gasteiger partial charge >= 0.3 is 6.01 Å². The number of nitrogens with two attached hydrogens (primary N) is 1. The Morgan fingerprint density at radius 1 is 1.18 bits per heavy atom. The predicted octanol–water partition coefficient (Wildman–Crippen LogP) is 3.68. The number of aromatic nitrogens is 5. The van der Waals surface area contributed by atoms with Gasteiger partial charge in [-0.15, -0.1) is 5.10 Å². The summed E-state index contributed by atoms with van der Waals surface area (Å²) < 4.78 is 7.92. The molecule has 2 heterocycles. The minimum atomic E-state index is 0.156. The van der Waals surface area contributed by atoms with Crippen LogP contribution in [0.4, 0.5) is 11.6 Å². The standard InChI is InChI=1S/C19H23N7OS/c1-12(2)26-11-23-25-19(26)27-16-7-13(8-16)14-9-21-18(22-10-14)24-15-3-5-17(28-20)6-4-15/h3-6,9-13,16H,7-8,20H2,1-2H3,(H,21,22,24). The molecular weight excluding hydrogens is 374 g/mol. The summed E-state index contributed by atoms with van der Waals surface area (Å²) in [6.07, 6.45) is 7.49. The van der Waals surface area contributed by atoms with Crippen molar-refractivity contribution in [1.29, 1.82) is 0 Å². The van der Waals surface area contributed by atoms with Crippen LogP contribution in [-0.4, -0.2) is 30.8 Å². The van der Waals surface area contributed by atoms with Crippen molar-refractivity contribution in [3.8, 4) is 6.01 Å². The van der Waals surface area contributed by atoms with Gasteiger partial charge in [-0.2, -0.15) is 0 Å². The highest BCUT2D eigenvalue weighted by molar-refractivity contribution is 7.97. The zero-order chi connectivity index (χ0) is 19.5. The van der Waals surface area contributed by atoms with Gasteiger partial charge in [0.1, 0.15) is 12.4 Å². The Hall–Kier alpha value is -2.65. The zero-order valence-corrected chi connectivity index (χ0v) is 16.6. The number of anilines is 2. The first-order valence-corrected chi connectivity index (χ1v) is 10.1. The number of rotatable bonds is 7. The van der Waals surface area contributed by atoms with E-state index in [1.807, 2.05) is 41.2 Å². The van der Waals surface area contributed by atoms with E-state index < -0.39 is 0 Å². The lowest BCUT2D eigenvalue weighted by Crippen LogP contribution is -2.33. The molecule has 2 aromatic heterocycles. The maximum atomic E-state index is 5.98. The maximum absolute atomic E-state index is 5.98. The van der Waals surface area contributed by atoms with Gasteiger partial charge in [-0.3, -0.25) is 9.71 Å². The highest BCUT2D eigenvalue weighted by atomic mass is 32.2. The highest BCUT2D eigenvalue weighted by Gasteiger charge is 2.33. The highest BCUT2D eigenvalue weighted by Crippen LogP contribution is 2.38. The summed E-state index contributed by atoms with van der Waals surface area (Å²) in [5.74, 6) is 0.990. The molecule has 0 saturated heterocycles. The first kappa shape index (κ1) is 18.7. The third kappa shape index (κ3) is 4.10. The Kier molecular flexibility index (Phi) is 5.45. The molecule has 1 aliphatic carbocycles. The molecule has 0 radical (unpaired) electrons. The van der Waals surface area contributed by atoms with Gasteiger partial charge in [0.25, 0.3) is 0 Å². The van der Waals surface area contributed by atoms with Crippen LogP contribution in [0.5, 0.6) is 6.01 Å². The first-order chi connectivity index (χ1) is 13.6. The zero-order valence-electron chi connectivity index (χ0n) is 15.8. The lowest BCUT2D eigenvalue weighted by Gasteiger charge is -2.34. The lowest BCUT2D eigenvalue weighted by molar-refractivity contribution is 0.0819. The van der Waals surface area contributed by atoms with Crippen LogP contribution in [0.25, 0.3) is 0 Å². The molecule has 3 aromatic rings. The molecule has 3 N–H and O–H groups in total. The van der Waals surface area contributed by atoms with Gasteiger partial charge in [0.05, 0.1) is 0 Å². The van der Waals surface area contributed by atoms with E-state index in [0.717, 1.165) is 29.0 Å². The second-order valence-electron chi connectivity index (χ2n) is 7.13. The average molecular weight is 398 g/mol. The summed E-state index contributed by atoms with van der Waals surface area (Å²) in [6, 6.07) is 8.69. The second-order valence-corrected chi connectivity index (χ2v) is 7.84. The van der Waals surface area contributed by atoms with Crippen molar-refractivity contribution in [3.05, 3.63) is 48.5 Å². The van der Waals surface area contributed by atoms with E-state index in [0.29, 0.717) is 17.9 Å². The molecule has 146 valence electrons. The van der Waals surface area contributed by atoms with E-state index >= 15 is 0 Å². The smallest absolute Gasteiger partial charge is 0.317 e. The summed E-state index contributed by atoms with van der Waals surface area (Å²) >= 11 is 1.22. The molecule has 0 aliphatic heterocycles. The molecule has 9 heteroatoms. The van der Waals surface area contributed by atoms with Crippen LogP contribution in [0.15, 0.2) is 47.9 Å². The van der Waals surface area contributed by atoms with E-state index in [9.17, 15) is 0 Å². The van der Waals surface area contributed by atoms with E-state index in [4.69, 9.17) is 9.88 Å². The minimum Gasteiger partial charge on any atom is -0.460 e. The Labute approximate surface area is 168 Å². The van der Waals surface area contributed by atoms with Gasteiger partial charge in [0, 0.05) is 29.0 Å². The van der Waals surface area contributed by atoms with Gasteiger partial charge < -0.3 is 10.1 Å². The number of ether oxygens (including phenoxy) is 1. The van der Waals surface area contributed by atoms with Gasteiger partial charge in [-0.1, -0.05) is 5.10 Å². The van der Waals surface area contributed by atoms with E-state index in [1.54, 1.807) is 6.33 Å². The molecule has 0 bridgehead atoms. The summed E-state index contributed by atoms with van der Waals surface area (Å²) in [5, 5.41) is 16.7. The van der Waals surface area contributed by atoms with Crippen molar-refractivity contribution in [2.24, 2.45) is 5.14 Å². The van der Waals surface area contributed by atoms with Crippen LogP contribution in [0.2, 0.25) is 0 Å². The second kappa shape index (κ2) is 8.15. The van der Waals surface area contributed by atoms with Crippen LogP contribution in [0, 0.1) is 0 Å². The van der Waals surface area contributed by atoms with Gasteiger partial charge in [-0.05, 0) is 74.4 Å². The fourth-order valence-corrected chi connectivity index (χ4v) is 3.41. The fraction of sp³-hybridized carbons (Fsp3) is 0.368. The topological polar surface area (TPSA) is 104 Å². The summed E-state index contributed by atoms with van der Waals surface area (Å²) in [5.41, 5.74) is 2.06. The Bertz CT molecular complexity index is 905. The van der Waals surface area contributed by atoms with E-state index in [-0.39, 0.29) is 12.1 Å². The van der Waals surface area contributed by atoms with Crippen LogP contribution < -0.4 is 15.2 Å². The largest absolute Gasteiger partial charge is 0.460 e. The molecule has 8 nitrogen and oxygen atoms in total. The van der Waals surface area contributed by atoms with Gasteiger partial charge in [0.15, 0.2) is 0 Å². The first-order valence-electron chi connectivity index (χ1n) is 9.24. The van der Waals surface area contributed by atoms with E-state index in [1.165, 1.54) is 11.9 Å². The van der Waals surface area contributed by atoms with Crippen molar-refractivity contribution >= 4 is 23.6 Å². The third-order valence-electron chi connectivity index (χ3n) is 4.85. The molecule has 1 saturated carbocycles. The quantitative estimate of drug-likeness (QED) is 0.582. The minimum absolute atomic E-state index is 0.156. The SMILES string of the molecule is CC(C)n1cnnc1OC1CC(c2cnc(Nc3ccc(SN)cc3)nc2)C1. The van der Waals surface area contributed by atoms with Crippen LogP contribution in [0.1, 0.15) is 44.2 Å². The molecule has 28 heavy (non-hydrogen) atoms. The molecule has 0 amide bonds. The van der Waals surface area contributed by atoms with Gasteiger partial charge in [-0.25, -0.2) is 9.97 Å². The summed E-state index contributed by atoms with van der Waals surface area (Å²) in [7, 11) is 0. The molecular formula is C19H23N7OS. The molecule has 1 aromatic carbocycles. The number of hydrogen-bond acceptors (Lipinski definition) is 8. The molecule has 1 fully saturated rings. The number of nitrogens with one attached hydrogen (secondary N) is 1. The number of benzene rings is 1. The Morgan fingerprint density at radius 3 is 2.54 bits per heavy atom. The predicted molar refractivity (Wildman–Crippen MR) is 109 cm³/mol. The van der Waals surface area contributed by atoms with Crippen molar-refractivity contribution in [1.82, 2.24) is 24.7 Å². The molecule has 1 aliphatic rings. The Morgan fingerprint density at radius 2 is 1.89 bits per heavy atom. The monoisotopic (exact) mass is 397 g/mol. The maximum Gasteiger partial charge on any atom is 0.317 e. The molecule has 0 unspecified atom stereocenters. The summed E-state index contributed by atoms with van der Waals surface area (Å²) in [6.45, 7) is 4.16. The van der Waals surface area contributed by atoms with Crippen LogP contribution in [0.3, 0.4) is 0 Å². The third-order valence-corrected chi connectivity index (χ3v) is 5.40. The average Bonchev–Trinajstić information content (AvgIpc) is 3.14.